The van der Waals surface area contributed by atoms with Crippen LogP contribution in [0.1, 0.15) is 18.9 Å². The molecule has 2 unspecified atom stereocenters. The third-order valence-corrected chi connectivity index (χ3v) is 6.15. The summed E-state index contributed by atoms with van der Waals surface area (Å²) in [6.07, 6.45) is 0.994. The fourth-order valence-corrected chi connectivity index (χ4v) is 4.61. The molecular formula is C23H26ClFN2O5S. The fourth-order valence-electron chi connectivity index (χ4n) is 3.51. The van der Waals surface area contributed by atoms with Crippen LogP contribution >= 0.6 is 24.2 Å². The van der Waals surface area contributed by atoms with Crippen LogP contribution in [0.4, 0.5) is 10.1 Å². The lowest BCUT2D eigenvalue weighted by atomic mass is 10.0. The highest BCUT2D eigenvalue weighted by Gasteiger charge is 2.35. The number of hydrogen-bond donors (Lipinski definition) is 2. The summed E-state index contributed by atoms with van der Waals surface area (Å²) in [7, 11) is 0. The molecule has 178 valence electrons. The molecule has 2 atom stereocenters. The van der Waals surface area contributed by atoms with E-state index in [-0.39, 0.29) is 24.8 Å². The first-order chi connectivity index (χ1) is 15.4. The van der Waals surface area contributed by atoms with E-state index in [9.17, 15) is 23.9 Å². The molecule has 0 bridgehead atoms. The van der Waals surface area contributed by atoms with Gasteiger partial charge in [0.05, 0.1) is 18.3 Å². The van der Waals surface area contributed by atoms with Crippen molar-refractivity contribution in [1.82, 2.24) is 5.32 Å². The van der Waals surface area contributed by atoms with E-state index in [0.717, 1.165) is 10.5 Å². The van der Waals surface area contributed by atoms with E-state index >= 15 is 0 Å². The zero-order valence-corrected chi connectivity index (χ0v) is 19.7. The van der Waals surface area contributed by atoms with E-state index in [2.05, 4.69) is 5.32 Å². The molecule has 0 fully saturated rings. The van der Waals surface area contributed by atoms with Gasteiger partial charge in [0.2, 0.25) is 5.91 Å². The second kappa shape index (κ2) is 12.6. The molecule has 7 nitrogen and oxygen atoms in total. The molecule has 1 amide bonds. The van der Waals surface area contributed by atoms with Crippen molar-refractivity contribution in [2.24, 2.45) is 0 Å². The Morgan fingerprint density at radius 3 is 2.67 bits per heavy atom. The van der Waals surface area contributed by atoms with Gasteiger partial charge in [-0.25, -0.2) is 4.39 Å². The number of thioether (sulfide) groups is 1. The first-order valence-electron chi connectivity index (χ1n) is 10.3. The largest absolute Gasteiger partial charge is 0.480 e. The van der Waals surface area contributed by atoms with Gasteiger partial charge in [-0.3, -0.25) is 24.6 Å². The summed E-state index contributed by atoms with van der Waals surface area (Å²) in [5.41, 5.74) is 1.38. The first-order valence-corrected chi connectivity index (χ1v) is 11.3. The monoisotopic (exact) mass is 496 g/mol. The SMILES string of the molecule is CCOC(=O)C(CCc1ccccc1)NC1CSc2cc(F)ccc2N(CC(=O)O)C1=O.Cl. The van der Waals surface area contributed by atoms with E-state index in [1.54, 1.807) is 6.92 Å². The summed E-state index contributed by atoms with van der Waals surface area (Å²) in [6, 6.07) is 11.9. The Bertz CT molecular complexity index is 979. The van der Waals surface area contributed by atoms with Crippen molar-refractivity contribution in [2.45, 2.75) is 36.7 Å². The molecule has 3 rings (SSSR count). The number of benzene rings is 2. The molecule has 1 aliphatic rings. The number of anilines is 1. The van der Waals surface area contributed by atoms with Crippen molar-refractivity contribution in [2.75, 3.05) is 23.8 Å². The van der Waals surface area contributed by atoms with Gasteiger partial charge in [0.15, 0.2) is 0 Å². The molecule has 2 aromatic rings. The van der Waals surface area contributed by atoms with Crippen LogP contribution in [0.15, 0.2) is 53.4 Å². The Morgan fingerprint density at radius 1 is 1.27 bits per heavy atom. The van der Waals surface area contributed by atoms with E-state index in [1.165, 1.54) is 30.0 Å². The average molecular weight is 497 g/mol. The van der Waals surface area contributed by atoms with Crippen molar-refractivity contribution in [3.05, 3.63) is 59.9 Å². The number of nitrogens with one attached hydrogen (secondary N) is 1. The van der Waals surface area contributed by atoms with Gasteiger partial charge in [-0.05, 0) is 43.5 Å². The lowest BCUT2D eigenvalue weighted by Crippen LogP contribution is -2.54. The van der Waals surface area contributed by atoms with Gasteiger partial charge in [0, 0.05) is 10.6 Å². The standard InChI is InChI=1S/C23H25FN2O5S.ClH/c1-2-31-23(30)17(10-8-15-6-4-3-5-7-15)25-18-14-32-20-12-16(24)9-11-19(20)26(22(18)29)13-21(27)28;/h3-7,9,11-12,17-18,25H,2,8,10,13-14H2,1H3,(H,27,28);1H. The molecule has 10 heteroatoms. The molecule has 0 aromatic heterocycles. The summed E-state index contributed by atoms with van der Waals surface area (Å²) in [4.78, 5) is 38.9. The van der Waals surface area contributed by atoms with Crippen LogP contribution in [0.3, 0.4) is 0 Å². The van der Waals surface area contributed by atoms with Crippen LogP contribution in [-0.4, -0.2) is 53.9 Å². The van der Waals surface area contributed by atoms with E-state index in [1.807, 2.05) is 30.3 Å². The minimum absolute atomic E-state index is 0. The lowest BCUT2D eigenvalue weighted by molar-refractivity contribution is -0.146. The second-order valence-corrected chi connectivity index (χ2v) is 8.35. The van der Waals surface area contributed by atoms with Crippen LogP contribution in [0.25, 0.3) is 0 Å². The normalized spacial score (nSPS) is 16.2. The third kappa shape index (κ3) is 7.18. The van der Waals surface area contributed by atoms with Gasteiger partial charge in [0.25, 0.3) is 0 Å². The van der Waals surface area contributed by atoms with Crippen molar-refractivity contribution in [1.29, 1.82) is 0 Å². The first kappa shape index (κ1) is 26.6. The van der Waals surface area contributed by atoms with Crippen molar-refractivity contribution >= 4 is 47.7 Å². The predicted octanol–water partition coefficient (Wildman–Crippen LogP) is 3.29. The maximum Gasteiger partial charge on any atom is 0.323 e. The maximum absolute atomic E-state index is 13.8. The minimum atomic E-state index is -1.19. The molecular weight excluding hydrogens is 471 g/mol. The Kier molecular flexibility index (Phi) is 10.1. The molecule has 0 saturated heterocycles. The summed E-state index contributed by atoms with van der Waals surface area (Å²) in [6.45, 7) is 1.34. The number of carboxylic acids is 1. The number of amides is 1. The van der Waals surface area contributed by atoms with Gasteiger partial charge in [0.1, 0.15) is 18.4 Å². The number of aryl methyl sites for hydroxylation is 1. The number of carboxylic acid groups (broad SMARTS) is 1. The molecule has 2 aromatic carbocycles. The lowest BCUT2D eigenvalue weighted by Gasteiger charge is -2.27. The molecule has 2 N–H and O–H groups in total. The minimum Gasteiger partial charge on any atom is -0.480 e. The number of aliphatic carboxylic acids is 1. The van der Waals surface area contributed by atoms with E-state index in [0.29, 0.717) is 23.4 Å². The summed E-state index contributed by atoms with van der Waals surface area (Å²) in [5, 5.41) is 12.4. The van der Waals surface area contributed by atoms with Gasteiger partial charge < -0.3 is 9.84 Å². The molecule has 1 aliphatic heterocycles. The Morgan fingerprint density at radius 2 is 2.00 bits per heavy atom. The number of ether oxygens (including phenoxy) is 1. The Hall–Kier alpha value is -2.62. The topological polar surface area (TPSA) is 95.9 Å². The summed E-state index contributed by atoms with van der Waals surface area (Å²) >= 11 is 1.24. The average Bonchev–Trinajstić information content (AvgIpc) is 2.88. The van der Waals surface area contributed by atoms with Crippen molar-refractivity contribution < 1.29 is 28.6 Å². The molecule has 1 heterocycles. The molecule has 0 spiro atoms. The highest BCUT2D eigenvalue weighted by molar-refractivity contribution is 7.99. The number of fused-ring (bicyclic) bond motifs is 1. The number of nitrogens with zero attached hydrogens (tertiary/aromatic N) is 1. The van der Waals surface area contributed by atoms with Gasteiger partial charge in [-0.15, -0.1) is 24.2 Å². The Balaban J connectivity index is 0.00000385. The van der Waals surface area contributed by atoms with E-state index in [4.69, 9.17) is 4.74 Å². The number of rotatable bonds is 9. The van der Waals surface area contributed by atoms with Gasteiger partial charge >= 0.3 is 11.9 Å². The van der Waals surface area contributed by atoms with Crippen LogP contribution < -0.4 is 10.2 Å². The molecule has 0 saturated carbocycles. The van der Waals surface area contributed by atoms with Gasteiger partial charge in [-0.2, -0.15) is 0 Å². The van der Waals surface area contributed by atoms with Crippen molar-refractivity contribution in [3.63, 3.8) is 0 Å². The second-order valence-electron chi connectivity index (χ2n) is 7.29. The number of halogens is 2. The zero-order valence-electron chi connectivity index (χ0n) is 18.0. The summed E-state index contributed by atoms with van der Waals surface area (Å²) in [5.74, 6) is -2.41. The summed E-state index contributed by atoms with van der Waals surface area (Å²) < 4.78 is 19.0. The fraction of sp³-hybridized carbons (Fsp3) is 0.348. The smallest absolute Gasteiger partial charge is 0.323 e. The maximum atomic E-state index is 13.8. The van der Waals surface area contributed by atoms with Crippen LogP contribution in [0.5, 0.6) is 0 Å². The number of carbonyl (C=O) groups excluding carboxylic acids is 2. The number of carbonyl (C=O) groups is 3. The van der Waals surface area contributed by atoms with Crippen LogP contribution in [0, 0.1) is 5.82 Å². The van der Waals surface area contributed by atoms with Crippen LogP contribution in [-0.2, 0) is 25.5 Å². The Labute approximate surface area is 202 Å². The number of esters is 1. The van der Waals surface area contributed by atoms with E-state index < -0.39 is 42.3 Å². The highest BCUT2D eigenvalue weighted by atomic mass is 35.5. The van der Waals surface area contributed by atoms with Crippen LogP contribution in [0.2, 0.25) is 0 Å². The highest BCUT2D eigenvalue weighted by Crippen LogP contribution is 2.35. The molecule has 0 aliphatic carbocycles. The van der Waals surface area contributed by atoms with Crippen molar-refractivity contribution in [3.8, 4) is 0 Å². The quantitative estimate of drug-likeness (QED) is 0.514. The molecule has 0 radical (unpaired) electrons. The zero-order chi connectivity index (χ0) is 23.1. The molecule has 33 heavy (non-hydrogen) atoms. The third-order valence-electron chi connectivity index (χ3n) is 5.01. The predicted molar refractivity (Wildman–Crippen MR) is 126 cm³/mol. The number of hydrogen-bond acceptors (Lipinski definition) is 6. The van der Waals surface area contributed by atoms with Gasteiger partial charge in [-0.1, -0.05) is 30.3 Å².